The molecule has 0 unspecified atom stereocenters. The SMILES string of the molecule is COc1ccc(N)c(OCCC(C)(C)OC)n1. The standard InChI is InChI=1S/C12H20N2O3/c1-12(2,16-4)7-8-17-11-9(13)5-6-10(14-11)15-3/h5-6H,7-8,13H2,1-4H3. The zero-order valence-electron chi connectivity index (χ0n) is 10.8. The maximum atomic E-state index is 5.75. The molecular formula is C12H20N2O3. The molecule has 1 rings (SSSR count). The Hall–Kier alpha value is -1.49. The van der Waals surface area contributed by atoms with Gasteiger partial charge in [0, 0.05) is 19.6 Å². The van der Waals surface area contributed by atoms with Crippen LogP contribution in [0.2, 0.25) is 0 Å². The van der Waals surface area contributed by atoms with Crippen molar-refractivity contribution in [2.24, 2.45) is 0 Å². The number of nitrogen functional groups attached to an aromatic ring is 1. The van der Waals surface area contributed by atoms with Crippen LogP contribution in [-0.4, -0.2) is 31.4 Å². The molecule has 96 valence electrons. The third-order valence-electron chi connectivity index (χ3n) is 2.57. The van der Waals surface area contributed by atoms with E-state index in [4.69, 9.17) is 19.9 Å². The predicted molar refractivity (Wildman–Crippen MR) is 66.4 cm³/mol. The average Bonchev–Trinajstić information content (AvgIpc) is 2.31. The highest BCUT2D eigenvalue weighted by Gasteiger charge is 2.16. The van der Waals surface area contributed by atoms with E-state index in [-0.39, 0.29) is 5.60 Å². The van der Waals surface area contributed by atoms with Gasteiger partial charge in [0.15, 0.2) is 0 Å². The quantitative estimate of drug-likeness (QED) is 0.822. The maximum Gasteiger partial charge on any atom is 0.240 e. The van der Waals surface area contributed by atoms with Crippen molar-refractivity contribution in [2.75, 3.05) is 26.6 Å². The van der Waals surface area contributed by atoms with Gasteiger partial charge >= 0.3 is 0 Å². The number of hydrogen-bond donors (Lipinski definition) is 1. The van der Waals surface area contributed by atoms with Crippen LogP contribution in [-0.2, 0) is 4.74 Å². The lowest BCUT2D eigenvalue weighted by Crippen LogP contribution is -2.25. The van der Waals surface area contributed by atoms with E-state index >= 15 is 0 Å². The van der Waals surface area contributed by atoms with E-state index in [1.54, 1.807) is 26.4 Å². The van der Waals surface area contributed by atoms with E-state index in [0.717, 1.165) is 6.42 Å². The first kappa shape index (κ1) is 13.6. The molecule has 0 amide bonds. The normalized spacial score (nSPS) is 11.3. The number of pyridine rings is 1. The summed E-state index contributed by atoms with van der Waals surface area (Å²) in [4.78, 5) is 4.13. The topological polar surface area (TPSA) is 66.6 Å². The van der Waals surface area contributed by atoms with Crippen molar-refractivity contribution >= 4 is 5.69 Å². The number of methoxy groups -OCH3 is 2. The van der Waals surface area contributed by atoms with Gasteiger partial charge < -0.3 is 19.9 Å². The summed E-state index contributed by atoms with van der Waals surface area (Å²) < 4.78 is 15.8. The molecule has 0 fully saturated rings. The molecular weight excluding hydrogens is 220 g/mol. The van der Waals surface area contributed by atoms with E-state index in [2.05, 4.69) is 4.98 Å². The largest absolute Gasteiger partial charge is 0.481 e. The van der Waals surface area contributed by atoms with Crippen molar-refractivity contribution in [3.8, 4) is 11.8 Å². The fraction of sp³-hybridized carbons (Fsp3) is 0.583. The van der Waals surface area contributed by atoms with E-state index in [0.29, 0.717) is 24.1 Å². The Morgan fingerprint density at radius 1 is 1.29 bits per heavy atom. The molecule has 0 aliphatic carbocycles. The third-order valence-corrected chi connectivity index (χ3v) is 2.57. The molecule has 17 heavy (non-hydrogen) atoms. The summed E-state index contributed by atoms with van der Waals surface area (Å²) in [5, 5.41) is 0. The highest BCUT2D eigenvalue weighted by Crippen LogP contribution is 2.23. The van der Waals surface area contributed by atoms with Gasteiger partial charge in [0.05, 0.1) is 25.0 Å². The van der Waals surface area contributed by atoms with Gasteiger partial charge in [-0.15, -0.1) is 0 Å². The first-order valence-corrected chi connectivity index (χ1v) is 5.47. The van der Waals surface area contributed by atoms with Crippen LogP contribution in [0.15, 0.2) is 12.1 Å². The molecule has 0 atom stereocenters. The molecule has 0 saturated carbocycles. The zero-order chi connectivity index (χ0) is 12.9. The molecule has 0 aromatic carbocycles. The van der Waals surface area contributed by atoms with Crippen LogP contribution in [0.5, 0.6) is 11.8 Å². The van der Waals surface area contributed by atoms with Crippen LogP contribution >= 0.6 is 0 Å². The molecule has 1 aromatic heterocycles. The monoisotopic (exact) mass is 240 g/mol. The first-order chi connectivity index (χ1) is 7.98. The molecule has 0 radical (unpaired) electrons. The summed E-state index contributed by atoms with van der Waals surface area (Å²) in [7, 11) is 3.23. The van der Waals surface area contributed by atoms with Gasteiger partial charge in [-0.2, -0.15) is 4.98 Å². The minimum atomic E-state index is -0.215. The zero-order valence-corrected chi connectivity index (χ0v) is 10.8. The van der Waals surface area contributed by atoms with Gasteiger partial charge in [-0.05, 0) is 19.9 Å². The molecule has 0 spiro atoms. The van der Waals surface area contributed by atoms with E-state index in [9.17, 15) is 0 Å². The number of hydrogen-bond acceptors (Lipinski definition) is 5. The van der Waals surface area contributed by atoms with E-state index < -0.39 is 0 Å². The minimum Gasteiger partial charge on any atom is -0.481 e. The van der Waals surface area contributed by atoms with Gasteiger partial charge in [0.25, 0.3) is 0 Å². The van der Waals surface area contributed by atoms with Crippen LogP contribution < -0.4 is 15.2 Å². The average molecular weight is 240 g/mol. The lowest BCUT2D eigenvalue weighted by Gasteiger charge is -2.22. The van der Waals surface area contributed by atoms with E-state index in [1.807, 2.05) is 13.8 Å². The highest BCUT2D eigenvalue weighted by atomic mass is 16.5. The molecule has 1 aromatic rings. The fourth-order valence-electron chi connectivity index (χ4n) is 1.16. The lowest BCUT2D eigenvalue weighted by molar-refractivity contribution is 0.00512. The highest BCUT2D eigenvalue weighted by molar-refractivity contribution is 5.49. The molecule has 5 heteroatoms. The van der Waals surface area contributed by atoms with Crippen LogP contribution in [0, 0.1) is 0 Å². The third kappa shape index (κ3) is 4.11. The molecule has 0 saturated heterocycles. The van der Waals surface area contributed by atoms with Gasteiger partial charge in [-0.3, -0.25) is 0 Å². The minimum absolute atomic E-state index is 0.215. The van der Waals surface area contributed by atoms with Crippen molar-refractivity contribution in [3.05, 3.63) is 12.1 Å². The van der Waals surface area contributed by atoms with Gasteiger partial charge in [0.1, 0.15) is 0 Å². The molecule has 0 bridgehead atoms. The molecule has 0 aliphatic rings. The fourth-order valence-corrected chi connectivity index (χ4v) is 1.16. The second-order valence-electron chi connectivity index (χ2n) is 4.31. The summed E-state index contributed by atoms with van der Waals surface area (Å²) in [6.07, 6.45) is 0.752. The van der Waals surface area contributed by atoms with E-state index in [1.165, 1.54) is 0 Å². The molecule has 2 N–H and O–H groups in total. The second-order valence-corrected chi connectivity index (χ2v) is 4.31. The molecule has 5 nitrogen and oxygen atoms in total. The lowest BCUT2D eigenvalue weighted by atomic mass is 10.1. The van der Waals surface area contributed by atoms with Crippen molar-refractivity contribution < 1.29 is 14.2 Å². The Balaban J connectivity index is 2.57. The Labute approximate surface area is 102 Å². The predicted octanol–water partition coefficient (Wildman–Crippen LogP) is 1.87. The number of aromatic nitrogens is 1. The Morgan fingerprint density at radius 2 is 2.00 bits per heavy atom. The van der Waals surface area contributed by atoms with Crippen LogP contribution in [0.3, 0.4) is 0 Å². The van der Waals surface area contributed by atoms with Crippen molar-refractivity contribution in [1.29, 1.82) is 0 Å². The van der Waals surface area contributed by atoms with Crippen LogP contribution in [0.1, 0.15) is 20.3 Å². The summed E-state index contributed by atoms with van der Waals surface area (Å²) in [5.41, 5.74) is 6.04. The Kier molecular flexibility index (Phi) is 4.57. The van der Waals surface area contributed by atoms with Gasteiger partial charge in [0.2, 0.25) is 11.8 Å². The number of nitrogens with zero attached hydrogens (tertiary/aromatic N) is 1. The number of rotatable bonds is 6. The number of nitrogens with two attached hydrogens (primary N) is 1. The summed E-state index contributed by atoms with van der Waals surface area (Å²) in [6.45, 7) is 4.49. The summed E-state index contributed by atoms with van der Waals surface area (Å²) >= 11 is 0. The van der Waals surface area contributed by atoms with Gasteiger partial charge in [-0.25, -0.2) is 0 Å². The Morgan fingerprint density at radius 3 is 2.59 bits per heavy atom. The smallest absolute Gasteiger partial charge is 0.240 e. The van der Waals surface area contributed by atoms with Crippen LogP contribution in [0.25, 0.3) is 0 Å². The first-order valence-electron chi connectivity index (χ1n) is 5.47. The van der Waals surface area contributed by atoms with Crippen molar-refractivity contribution in [1.82, 2.24) is 4.98 Å². The second kappa shape index (κ2) is 5.72. The van der Waals surface area contributed by atoms with Crippen molar-refractivity contribution in [3.63, 3.8) is 0 Å². The van der Waals surface area contributed by atoms with Crippen LogP contribution in [0.4, 0.5) is 5.69 Å². The van der Waals surface area contributed by atoms with Crippen molar-refractivity contribution in [2.45, 2.75) is 25.9 Å². The summed E-state index contributed by atoms with van der Waals surface area (Å²) in [6, 6.07) is 3.41. The maximum absolute atomic E-state index is 5.75. The van der Waals surface area contributed by atoms with Gasteiger partial charge in [-0.1, -0.05) is 0 Å². The Bertz CT molecular complexity index is 367. The molecule has 1 heterocycles. The number of ether oxygens (including phenoxy) is 3. The molecule has 0 aliphatic heterocycles. The summed E-state index contributed by atoms with van der Waals surface area (Å²) in [5.74, 6) is 0.886. The number of anilines is 1.